The van der Waals surface area contributed by atoms with E-state index in [2.05, 4.69) is 49.9 Å². The van der Waals surface area contributed by atoms with Crippen molar-refractivity contribution in [2.75, 3.05) is 11.9 Å². The van der Waals surface area contributed by atoms with Gasteiger partial charge < -0.3 is 10.0 Å². The summed E-state index contributed by atoms with van der Waals surface area (Å²) in [6.45, 7) is 7.23. The molecule has 21 heavy (non-hydrogen) atoms. The van der Waals surface area contributed by atoms with E-state index in [1.165, 1.54) is 11.1 Å². The lowest BCUT2D eigenvalue weighted by molar-refractivity contribution is 0.281. The van der Waals surface area contributed by atoms with E-state index in [-0.39, 0.29) is 6.61 Å². The van der Waals surface area contributed by atoms with Gasteiger partial charge in [-0.3, -0.25) is 0 Å². The fourth-order valence-electron chi connectivity index (χ4n) is 2.30. The maximum absolute atomic E-state index is 9.44. The molecular formula is C18H24N2O. The van der Waals surface area contributed by atoms with Crippen LogP contribution < -0.4 is 4.90 Å². The number of nitrogens with zero attached hydrogens (tertiary/aromatic N) is 2. The minimum atomic E-state index is 0.0491. The lowest BCUT2D eigenvalue weighted by Gasteiger charge is -2.21. The van der Waals surface area contributed by atoms with E-state index < -0.39 is 0 Å². The van der Waals surface area contributed by atoms with Crippen molar-refractivity contribution < 1.29 is 5.11 Å². The number of aromatic nitrogens is 1. The van der Waals surface area contributed by atoms with Gasteiger partial charge in [0.2, 0.25) is 0 Å². The first-order valence-corrected chi connectivity index (χ1v) is 7.38. The fraction of sp³-hybridized carbons (Fsp3) is 0.389. The minimum absolute atomic E-state index is 0.0491. The summed E-state index contributed by atoms with van der Waals surface area (Å²) >= 11 is 0. The largest absolute Gasteiger partial charge is 0.392 e. The van der Waals surface area contributed by atoms with Crippen LogP contribution in [-0.2, 0) is 13.2 Å². The van der Waals surface area contributed by atoms with Crippen LogP contribution in [0.1, 0.15) is 42.1 Å². The average Bonchev–Trinajstić information content (AvgIpc) is 2.49. The quantitative estimate of drug-likeness (QED) is 0.910. The fourth-order valence-corrected chi connectivity index (χ4v) is 2.30. The molecule has 0 amide bonds. The van der Waals surface area contributed by atoms with E-state index in [4.69, 9.17) is 4.98 Å². The molecule has 1 N–H and O–H groups in total. The highest BCUT2D eigenvalue weighted by molar-refractivity contribution is 5.44. The minimum Gasteiger partial charge on any atom is -0.392 e. The van der Waals surface area contributed by atoms with E-state index in [0.717, 1.165) is 23.6 Å². The van der Waals surface area contributed by atoms with E-state index in [1.54, 1.807) is 0 Å². The third-order valence-corrected chi connectivity index (χ3v) is 3.73. The molecule has 0 bridgehead atoms. The van der Waals surface area contributed by atoms with Crippen LogP contribution >= 0.6 is 0 Å². The molecule has 1 heterocycles. The van der Waals surface area contributed by atoms with Crippen molar-refractivity contribution in [3.8, 4) is 0 Å². The first-order valence-electron chi connectivity index (χ1n) is 7.38. The predicted octanol–water partition coefficient (Wildman–Crippen LogP) is 3.64. The Morgan fingerprint density at radius 3 is 2.52 bits per heavy atom. The highest BCUT2D eigenvalue weighted by Crippen LogP contribution is 2.21. The lowest BCUT2D eigenvalue weighted by atomic mass is 10.1. The number of hydrogen-bond donors (Lipinski definition) is 1. The van der Waals surface area contributed by atoms with Gasteiger partial charge in [0.25, 0.3) is 0 Å². The first kappa shape index (κ1) is 15.5. The molecule has 2 rings (SSSR count). The van der Waals surface area contributed by atoms with Crippen LogP contribution in [0.5, 0.6) is 0 Å². The Morgan fingerprint density at radius 1 is 1.19 bits per heavy atom. The van der Waals surface area contributed by atoms with Gasteiger partial charge in [-0.2, -0.15) is 0 Å². The monoisotopic (exact) mass is 284 g/mol. The Hall–Kier alpha value is -1.87. The van der Waals surface area contributed by atoms with Gasteiger partial charge in [0, 0.05) is 19.3 Å². The van der Waals surface area contributed by atoms with Gasteiger partial charge in [-0.05, 0) is 41.7 Å². The number of aryl methyl sites for hydroxylation is 1. The molecule has 0 radical (unpaired) electrons. The maximum atomic E-state index is 9.44. The van der Waals surface area contributed by atoms with Crippen LogP contribution in [0.3, 0.4) is 0 Å². The average molecular weight is 284 g/mol. The zero-order chi connectivity index (χ0) is 15.4. The molecule has 0 aliphatic rings. The molecule has 3 nitrogen and oxygen atoms in total. The van der Waals surface area contributed by atoms with Crippen LogP contribution in [0.4, 0.5) is 5.82 Å². The van der Waals surface area contributed by atoms with E-state index in [9.17, 15) is 5.11 Å². The molecule has 0 saturated carbocycles. The van der Waals surface area contributed by atoms with Crippen LogP contribution in [-0.4, -0.2) is 17.1 Å². The summed E-state index contributed by atoms with van der Waals surface area (Å²) in [6, 6.07) is 12.3. The Balaban J connectivity index is 2.28. The molecule has 0 unspecified atom stereocenters. The lowest BCUT2D eigenvalue weighted by Crippen LogP contribution is -2.19. The number of rotatable bonds is 5. The smallest absolute Gasteiger partial charge is 0.129 e. The molecule has 3 heteroatoms. The van der Waals surface area contributed by atoms with Crippen molar-refractivity contribution in [2.45, 2.75) is 39.8 Å². The van der Waals surface area contributed by atoms with Crippen molar-refractivity contribution in [1.29, 1.82) is 0 Å². The molecule has 0 aliphatic carbocycles. The number of aliphatic hydroxyl groups is 1. The molecule has 0 fully saturated rings. The zero-order valence-electron chi connectivity index (χ0n) is 13.3. The normalized spacial score (nSPS) is 11.0. The van der Waals surface area contributed by atoms with Crippen LogP contribution in [0.15, 0.2) is 36.4 Å². The van der Waals surface area contributed by atoms with Gasteiger partial charge in [0.15, 0.2) is 0 Å². The second-order valence-corrected chi connectivity index (χ2v) is 5.85. The molecule has 0 spiro atoms. The highest BCUT2D eigenvalue weighted by atomic mass is 16.3. The summed E-state index contributed by atoms with van der Waals surface area (Å²) in [6.07, 6.45) is 0. The number of anilines is 1. The predicted molar refractivity (Wildman–Crippen MR) is 87.5 cm³/mol. The van der Waals surface area contributed by atoms with Gasteiger partial charge >= 0.3 is 0 Å². The third-order valence-electron chi connectivity index (χ3n) is 3.73. The molecule has 1 aromatic heterocycles. The third kappa shape index (κ3) is 3.82. The number of aliphatic hydroxyl groups excluding tert-OH is 1. The second-order valence-electron chi connectivity index (χ2n) is 5.85. The Morgan fingerprint density at radius 2 is 1.90 bits per heavy atom. The molecule has 0 atom stereocenters. The number of benzene rings is 1. The van der Waals surface area contributed by atoms with Gasteiger partial charge in [0.1, 0.15) is 5.82 Å². The molecule has 2 aromatic rings. The highest BCUT2D eigenvalue weighted by Gasteiger charge is 2.10. The van der Waals surface area contributed by atoms with Crippen molar-refractivity contribution in [1.82, 2.24) is 4.98 Å². The summed E-state index contributed by atoms with van der Waals surface area (Å²) in [5, 5.41) is 9.44. The van der Waals surface area contributed by atoms with Crippen LogP contribution in [0.2, 0.25) is 0 Å². The Kier molecular flexibility index (Phi) is 4.97. The first-order chi connectivity index (χ1) is 10.0. The number of hydrogen-bond acceptors (Lipinski definition) is 3. The van der Waals surface area contributed by atoms with Crippen LogP contribution in [0, 0.1) is 6.92 Å². The van der Waals surface area contributed by atoms with E-state index in [0.29, 0.717) is 5.92 Å². The Labute approximate surface area is 127 Å². The second kappa shape index (κ2) is 6.72. The zero-order valence-corrected chi connectivity index (χ0v) is 13.3. The van der Waals surface area contributed by atoms with E-state index in [1.807, 2.05) is 19.2 Å². The summed E-state index contributed by atoms with van der Waals surface area (Å²) in [7, 11) is 2.04. The summed E-state index contributed by atoms with van der Waals surface area (Å²) in [5.74, 6) is 1.26. The van der Waals surface area contributed by atoms with Gasteiger partial charge in [-0.25, -0.2) is 4.98 Å². The molecule has 0 saturated heterocycles. The van der Waals surface area contributed by atoms with Crippen molar-refractivity contribution >= 4 is 5.82 Å². The van der Waals surface area contributed by atoms with Crippen molar-refractivity contribution in [3.63, 3.8) is 0 Å². The topological polar surface area (TPSA) is 36.4 Å². The van der Waals surface area contributed by atoms with Crippen molar-refractivity contribution in [3.05, 3.63) is 58.8 Å². The SMILES string of the molecule is Cc1ccccc1CN(C)c1cc(CO)cc(C(C)C)n1. The molecule has 1 aromatic carbocycles. The molecule has 0 aliphatic heterocycles. The molecule has 112 valence electrons. The van der Waals surface area contributed by atoms with Gasteiger partial charge in [0.05, 0.1) is 6.61 Å². The maximum Gasteiger partial charge on any atom is 0.129 e. The number of pyridine rings is 1. The summed E-state index contributed by atoms with van der Waals surface area (Å²) < 4.78 is 0. The standard InChI is InChI=1S/C18H24N2O/c1-13(2)17-9-15(12-21)10-18(19-17)20(4)11-16-8-6-5-7-14(16)3/h5-10,13,21H,11-12H2,1-4H3. The van der Waals surface area contributed by atoms with Gasteiger partial charge in [-0.15, -0.1) is 0 Å². The molecular weight excluding hydrogens is 260 g/mol. The summed E-state index contributed by atoms with van der Waals surface area (Å²) in [5.41, 5.74) is 4.52. The summed E-state index contributed by atoms with van der Waals surface area (Å²) in [4.78, 5) is 6.85. The van der Waals surface area contributed by atoms with E-state index >= 15 is 0 Å². The van der Waals surface area contributed by atoms with Gasteiger partial charge in [-0.1, -0.05) is 38.1 Å². The van der Waals surface area contributed by atoms with Crippen molar-refractivity contribution in [2.24, 2.45) is 0 Å². The Bertz CT molecular complexity index is 608. The van der Waals surface area contributed by atoms with Crippen LogP contribution in [0.25, 0.3) is 0 Å².